The van der Waals surface area contributed by atoms with Crippen molar-refractivity contribution >= 4 is 23.1 Å². The van der Waals surface area contributed by atoms with Crippen LogP contribution in [-0.2, 0) is 17.6 Å². The number of fused-ring (bicyclic) bond motifs is 1. The number of nitrogens with zero attached hydrogens (tertiary/aromatic N) is 3. The number of esters is 1. The van der Waals surface area contributed by atoms with Crippen molar-refractivity contribution in [3.8, 4) is 0 Å². The van der Waals surface area contributed by atoms with Crippen LogP contribution in [-0.4, -0.2) is 27.7 Å². The minimum Gasteiger partial charge on any atom is -0.464 e. The van der Waals surface area contributed by atoms with Crippen LogP contribution in [0.2, 0.25) is 5.02 Å². The average molecular weight is 358 g/mol. The second-order valence-corrected chi connectivity index (χ2v) is 6.82. The topological polar surface area (TPSA) is 56.5 Å². The van der Waals surface area contributed by atoms with E-state index >= 15 is 0 Å². The van der Waals surface area contributed by atoms with E-state index in [9.17, 15) is 4.79 Å². The van der Waals surface area contributed by atoms with Crippen LogP contribution >= 0.6 is 11.6 Å². The Bertz CT molecular complexity index is 918. The number of methoxy groups -OCH3 is 1. The highest BCUT2D eigenvalue weighted by Gasteiger charge is 2.16. The first-order valence-electron chi connectivity index (χ1n) is 8.18. The van der Waals surface area contributed by atoms with Crippen LogP contribution in [0.5, 0.6) is 0 Å². The SMILES string of the molecule is COC(=O)c1cccc(Cc2c(CC(C)C)nn3cc(Cl)ccc23)n1. The standard InChI is InChI=1S/C19H20ClN3O2/c1-12(2)9-17-15(18-8-7-13(20)11-23(18)22-17)10-14-5-4-6-16(21-14)19(24)25-3/h4-8,11-12H,9-10H2,1-3H3. The van der Waals surface area contributed by atoms with Crippen molar-refractivity contribution in [3.63, 3.8) is 0 Å². The van der Waals surface area contributed by atoms with Crippen LogP contribution in [0.4, 0.5) is 0 Å². The minimum absolute atomic E-state index is 0.310. The molecule has 0 aliphatic heterocycles. The van der Waals surface area contributed by atoms with Crippen molar-refractivity contribution < 1.29 is 9.53 Å². The van der Waals surface area contributed by atoms with Crippen molar-refractivity contribution in [2.45, 2.75) is 26.7 Å². The molecule has 0 fully saturated rings. The Kier molecular flexibility index (Phi) is 5.04. The van der Waals surface area contributed by atoms with Crippen LogP contribution < -0.4 is 0 Å². The molecule has 0 saturated carbocycles. The molecule has 0 atom stereocenters. The molecule has 0 N–H and O–H groups in total. The van der Waals surface area contributed by atoms with E-state index in [4.69, 9.17) is 21.4 Å². The normalized spacial score (nSPS) is 11.2. The van der Waals surface area contributed by atoms with Crippen LogP contribution in [0.3, 0.4) is 0 Å². The molecular formula is C19H20ClN3O2. The highest BCUT2D eigenvalue weighted by atomic mass is 35.5. The molecule has 25 heavy (non-hydrogen) atoms. The predicted octanol–water partition coefficient (Wildman–Crippen LogP) is 3.96. The summed E-state index contributed by atoms with van der Waals surface area (Å²) in [6.07, 6.45) is 3.27. The van der Waals surface area contributed by atoms with E-state index in [0.717, 1.165) is 28.9 Å². The number of carbonyl (C=O) groups is 1. The highest BCUT2D eigenvalue weighted by molar-refractivity contribution is 6.30. The average Bonchev–Trinajstić information content (AvgIpc) is 2.90. The predicted molar refractivity (Wildman–Crippen MR) is 97.1 cm³/mol. The first kappa shape index (κ1) is 17.4. The van der Waals surface area contributed by atoms with E-state index in [0.29, 0.717) is 23.1 Å². The van der Waals surface area contributed by atoms with Gasteiger partial charge in [0.1, 0.15) is 5.69 Å². The summed E-state index contributed by atoms with van der Waals surface area (Å²) in [5.74, 6) is 0.0457. The smallest absolute Gasteiger partial charge is 0.356 e. The molecule has 0 aromatic carbocycles. The van der Waals surface area contributed by atoms with E-state index in [1.165, 1.54) is 7.11 Å². The summed E-state index contributed by atoms with van der Waals surface area (Å²) < 4.78 is 6.57. The van der Waals surface area contributed by atoms with Crippen molar-refractivity contribution in [2.24, 2.45) is 5.92 Å². The van der Waals surface area contributed by atoms with Gasteiger partial charge in [-0.05, 0) is 36.6 Å². The number of halogens is 1. The first-order chi connectivity index (χ1) is 12.0. The van der Waals surface area contributed by atoms with E-state index in [-0.39, 0.29) is 0 Å². The first-order valence-corrected chi connectivity index (χ1v) is 8.55. The summed E-state index contributed by atoms with van der Waals surface area (Å²) in [6.45, 7) is 4.33. The molecule has 5 nitrogen and oxygen atoms in total. The number of hydrogen-bond acceptors (Lipinski definition) is 4. The number of carbonyl (C=O) groups excluding carboxylic acids is 1. The summed E-state index contributed by atoms with van der Waals surface area (Å²) in [6, 6.07) is 9.21. The van der Waals surface area contributed by atoms with Gasteiger partial charge in [-0.25, -0.2) is 14.3 Å². The zero-order valence-electron chi connectivity index (χ0n) is 14.5. The molecule has 130 valence electrons. The number of pyridine rings is 2. The molecule has 0 bridgehead atoms. The van der Waals surface area contributed by atoms with E-state index in [1.54, 1.807) is 6.07 Å². The van der Waals surface area contributed by atoms with Gasteiger partial charge in [0.25, 0.3) is 0 Å². The van der Waals surface area contributed by atoms with E-state index in [2.05, 4.69) is 18.8 Å². The van der Waals surface area contributed by atoms with E-state index in [1.807, 2.05) is 35.0 Å². The summed E-state index contributed by atoms with van der Waals surface area (Å²) >= 11 is 6.09. The molecule has 0 saturated heterocycles. The van der Waals surface area contributed by atoms with Crippen molar-refractivity contribution in [1.82, 2.24) is 14.6 Å². The fourth-order valence-corrected chi connectivity index (χ4v) is 3.00. The molecule has 0 aliphatic rings. The minimum atomic E-state index is -0.434. The maximum atomic E-state index is 11.7. The monoisotopic (exact) mass is 357 g/mol. The van der Waals surface area contributed by atoms with Gasteiger partial charge >= 0.3 is 5.97 Å². The molecular weight excluding hydrogens is 338 g/mol. The second kappa shape index (κ2) is 7.23. The van der Waals surface area contributed by atoms with Gasteiger partial charge in [0, 0.05) is 23.9 Å². The number of hydrogen-bond donors (Lipinski definition) is 0. The summed E-state index contributed by atoms with van der Waals surface area (Å²) in [7, 11) is 1.35. The second-order valence-electron chi connectivity index (χ2n) is 6.38. The largest absolute Gasteiger partial charge is 0.464 e. The maximum Gasteiger partial charge on any atom is 0.356 e. The lowest BCUT2D eigenvalue weighted by atomic mass is 10.0. The third-order valence-corrected chi connectivity index (χ3v) is 4.16. The lowest BCUT2D eigenvalue weighted by molar-refractivity contribution is 0.0593. The number of aromatic nitrogens is 3. The molecule has 3 aromatic rings. The van der Waals surface area contributed by atoms with Gasteiger partial charge in [0.05, 0.1) is 23.3 Å². The molecule has 6 heteroatoms. The van der Waals surface area contributed by atoms with Gasteiger partial charge in [-0.15, -0.1) is 0 Å². The van der Waals surface area contributed by atoms with Gasteiger partial charge in [0.2, 0.25) is 0 Å². The quantitative estimate of drug-likeness (QED) is 0.648. The third-order valence-electron chi connectivity index (χ3n) is 3.94. The van der Waals surface area contributed by atoms with Crippen molar-refractivity contribution in [2.75, 3.05) is 7.11 Å². The van der Waals surface area contributed by atoms with Crippen LogP contribution in [0.25, 0.3) is 5.52 Å². The van der Waals surface area contributed by atoms with Gasteiger partial charge in [-0.2, -0.15) is 5.10 Å². The zero-order chi connectivity index (χ0) is 18.0. The fourth-order valence-electron chi connectivity index (χ4n) is 2.84. The fraction of sp³-hybridized carbons (Fsp3) is 0.316. The maximum absolute atomic E-state index is 11.7. The molecule has 3 aromatic heterocycles. The van der Waals surface area contributed by atoms with Crippen LogP contribution in [0.1, 0.15) is 41.3 Å². The molecule has 0 radical (unpaired) electrons. The Morgan fingerprint density at radius 2 is 2.08 bits per heavy atom. The highest BCUT2D eigenvalue weighted by Crippen LogP contribution is 2.23. The Hall–Kier alpha value is -2.40. The van der Waals surface area contributed by atoms with Crippen molar-refractivity contribution in [3.05, 3.63) is 64.2 Å². The molecule has 0 spiro atoms. The van der Waals surface area contributed by atoms with Crippen molar-refractivity contribution in [1.29, 1.82) is 0 Å². The van der Waals surface area contributed by atoms with Gasteiger partial charge in [-0.3, -0.25) is 0 Å². The Morgan fingerprint density at radius 3 is 2.80 bits per heavy atom. The lowest BCUT2D eigenvalue weighted by Crippen LogP contribution is -2.06. The molecule has 0 aliphatic carbocycles. The number of rotatable bonds is 5. The Balaban J connectivity index is 2.03. The lowest BCUT2D eigenvalue weighted by Gasteiger charge is -2.06. The summed E-state index contributed by atoms with van der Waals surface area (Å²) in [4.78, 5) is 16.1. The van der Waals surface area contributed by atoms with Crippen LogP contribution in [0.15, 0.2) is 36.5 Å². The molecule has 0 unspecified atom stereocenters. The molecule has 3 heterocycles. The Morgan fingerprint density at radius 1 is 1.28 bits per heavy atom. The zero-order valence-corrected chi connectivity index (χ0v) is 15.2. The summed E-state index contributed by atoms with van der Waals surface area (Å²) in [5.41, 5.74) is 4.26. The Labute approximate surface area is 151 Å². The van der Waals surface area contributed by atoms with Crippen LogP contribution in [0, 0.1) is 5.92 Å². The third kappa shape index (κ3) is 3.82. The summed E-state index contributed by atoms with van der Waals surface area (Å²) in [5, 5.41) is 5.34. The van der Waals surface area contributed by atoms with Gasteiger partial charge < -0.3 is 4.74 Å². The molecule has 0 amide bonds. The van der Waals surface area contributed by atoms with E-state index < -0.39 is 5.97 Å². The van der Waals surface area contributed by atoms with Gasteiger partial charge in [-0.1, -0.05) is 31.5 Å². The van der Waals surface area contributed by atoms with Gasteiger partial charge in [0.15, 0.2) is 0 Å². The molecule has 3 rings (SSSR count). The number of ether oxygens (including phenoxy) is 1.